The highest BCUT2D eigenvalue weighted by atomic mass is 16.5. The van der Waals surface area contributed by atoms with Crippen LogP contribution in [-0.4, -0.2) is 24.6 Å². The van der Waals surface area contributed by atoms with E-state index >= 15 is 0 Å². The molecule has 0 heterocycles. The SMILES string of the molecule is CCCCOC(=O)c1cccc(NC(=O)/C=C/c2cccc(OC(C)C)c2)c1. The predicted octanol–water partition coefficient (Wildman–Crippen LogP) is 5.08. The molecule has 0 spiro atoms. The molecule has 0 radical (unpaired) electrons. The maximum absolute atomic E-state index is 12.2. The number of anilines is 1. The molecule has 0 unspecified atom stereocenters. The van der Waals surface area contributed by atoms with Gasteiger partial charge < -0.3 is 14.8 Å². The van der Waals surface area contributed by atoms with Crippen molar-refractivity contribution in [3.63, 3.8) is 0 Å². The molecule has 5 heteroatoms. The number of hydrogen-bond donors (Lipinski definition) is 1. The van der Waals surface area contributed by atoms with Crippen LogP contribution in [0.5, 0.6) is 5.75 Å². The molecule has 0 bridgehead atoms. The topological polar surface area (TPSA) is 64.6 Å². The van der Waals surface area contributed by atoms with Crippen molar-refractivity contribution in [2.45, 2.75) is 39.7 Å². The van der Waals surface area contributed by atoms with Gasteiger partial charge in [0, 0.05) is 11.8 Å². The molecule has 0 aliphatic rings. The highest BCUT2D eigenvalue weighted by Gasteiger charge is 2.08. The van der Waals surface area contributed by atoms with E-state index in [1.807, 2.05) is 45.0 Å². The van der Waals surface area contributed by atoms with E-state index in [1.165, 1.54) is 6.08 Å². The predicted molar refractivity (Wildman–Crippen MR) is 112 cm³/mol. The minimum atomic E-state index is -0.387. The summed E-state index contributed by atoms with van der Waals surface area (Å²) in [6.07, 6.45) is 5.04. The maximum Gasteiger partial charge on any atom is 0.338 e. The number of carbonyl (C=O) groups excluding carboxylic acids is 2. The van der Waals surface area contributed by atoms with Crippen LogP contribution in [0.2, 0.25) is 0 Å². The van der Waals surface area contributed by atoms with E-state index in [0.717, 1.165) is 24.2 Å². The molecule has 0 fully saturated rings. The highest BCUT2D eigenvalue weighted by molar-refractivity contribution is 6.02. The Kier molecular flexibility index (Phi) is 8.28. The second-order valence-electron chi connectivity index (χ2n) is 6.63. The lowest BCUT2D eigenvalue weighted by Gasteiger charge is -2.09. The van der Waals surface area contributed by atoms with E-state index in [1.54, 1.807) is 30.3 Å². The minimum Gasteiger partial charge on any atom is -0.491 e. The third kappa shape index (κ3) is 7.27. The zero-order valence-electron chi connectivity index (χ0n) is 16.6. The van der Waals surface area contributed by atoms with Gasteiger partial charge in [-0.15, -0.1) is 0 Å². The minimum absolute atomic E-state index is 0.0865. The van der Waals surface area contributed by atoms with Gasteiger partial charge in [-0.3, -0.25) is 4.79 Å². The molecule has 5 nitrogen and oxygen atoms in total. The summed E-state index contributed by atoms with van der Waals surface area (Å²) in [5.41, 5.74) is 1.81. The molecule has 1 amide bonds. The lowest BCUT2D eigenvalue weighted by molar-refractivity contribution is -0.111. The average Bonchev–Trinajstić information content (AvgIpc) is 2.66. The Hall–Kier alpha value is -3.08. The highest BCUT2D eigenvalue weighted by Crippen LogP contribution is 2.16. The smallest absolute Gasteiger partial charge is 0.338 e. The van der Waals surface area contributed by atoms with Crippen LogP contribution in [0.25, 0.3) is 6.08 Å². The Morgan fingerprint density at radius 3 is 2.64 bits per heavy atom. The lowest BCUT2D eigenvalue weighted by Crippen LogP contribution is -2.10. The fourth-order valence-corrected chi connectivity index (χ4v) is 2.44. The molecule has 2 aromatic carbocycles. The van der Waals surface area contributed by atoms with Crippen LogP contribution in [0.3, 0.4) is 0 Å². The van der Waals surface area contributed by atoms with Crippen molar-refractivity contribution < 1.29 is 19.1 Å². The fraction of sp³-hybridized carbons (Fsp3) is 0.304. The molecule has 28 heavy (non-hydrogen) atoms. The summed E-state index contributed by atoms with van der Waals surface area (Å²) in [6.45, 7) is 6.35. The third-order valence-corrected chi connectivity index (χ3v) is 3.75. The van der Waals surface area contributed by atoms with Gasteiger partial charge in [-0.25, -0.2) is 4.79 Å². The third-order valence-electron chi connectivity index (χ3n) is 3.75. The van der Waals surface area contributed by atoms with Gasteiger partial charge in [0.1, 0.15) is 5.75 Å². The van der Waals surface area contributed by atoms with Gasteiger partial charge in [0.2, 0.25) is 5.91 Å². The first-order chi connectivity index (χ1) is 13.5. The largest absolute Gasteiger partial charge is 0.491 e. The van der Waals surface area contributed by atoms with Crippen LogP contribution in [0.1, 0.15) is 49.5 Å². The van der Waals surface area contributed by atoms with Crippen molar-refractivity contribution in [2.75, 3.05) is 11.9 Å². The van der Waals surface area contributed by atoms with Crippen LogP contribution >= 0.6 is 0 Å². The molecule has 1 N–H and O–H groups in total. The first kappa shape index (κ1) is 21.2. The zero-order chi connectivity index (χ0) is 20.4. The van der Waals surface area contributed by atoms with E-state index in [2.05, 4.69) is 5.32 Å². The van der Waals surface area contributed by atoms with Crippen molar-refractivity contribution in [2.24, 2.45) is 0 Å². The Labute approximate surface area is 166 Å². The monoisotopic (exact) mass is 381 g/mol. The van der Waals surface area contributed by atoms with Gasteiger partial charge >= 0.3 is 5.97 Å². The van der Waals surface area contributed by atoms with Gasteiger partial charge in [-0.1, -0.05) is 31.5 Å². The Bertz CT molecular complexity index is 827. The van der Waals surface area contributed by atoms with E-state index in [-0.39, 0.29) is 18.0 Å². The number of rotatable bonds is 9. The summed E-state index contributed by atoms with van der Waals surface area (Å²) < 4.78 is 10.8. The van der Waals surface area contributed by atoms with Gasteiger partial charge in [0.05, 0.1) is 18.3 Å². The Balaban J connectivity index is 1.96. The molecule has 2 rings (SSSR count). The Morgan fingerprint density at radius 1 is 1.11 bits per heavy atom. The lowest BCUT2D eigenvalue weighted by atomic mass is 10.2. The number of benzene rings is 2. The molecule has 148 valence electrons. The number of hydrogen-bond acceptors (Lipinski definition) is 4. The van der Waals surface area contributed by atoms with E-state index in [0.29, 0.717) is 17.9 Å². The van der Waals surface area contributed by atoms with Crippen molar-refractivity contribution >= 4 is 23.6 Å². The molecule has 0 saturated heterocycles. The molecule has 0 aliphatic heterocycles. The van der Waals surface area contributed by atoms with Crippen LogP contribution in [0, 0.1) is 0 Å². The maximum atomic E-state index is 12.2. The summed E-state index contributed by atoms with van der Waals surface area (Å²) in [5.74, 6) is 0.0839. The second kappa shape index (κ2) is 10.9. The van der Waals surface area contributed by atoms with Crippen molar-refractivity contribution in [3.8, 4) is 5.75 Å². The first-order valence-corrected chi connectivity index (χ1v) is 9.51. The number of carbonyl (C=O) groups is 2. The van der Waals surface area contributed by atoms with Gasteiger partial charge in [-0.2, -0.15) is 0 Å². The van der Waals surface area contributed by atoms with Crippen LogP contribution in [-0.2, 0) is 9.53 Å². The molecule has 0 aliphatic carbocycles. The van der Waals surface area contributed by atoms with Gasteiger partial charge in [0.15, 0.2) is 0 Å². The van der Waals surface area contributed by atoms with Gasteiger partial charge in [-0.05, 0) is 62.2 Å². The number of nitrogens with one attached hydrogen (secondary N) is 1. The number of esters is 1. The summed E-state index contributed by atoms with van der Waals surface area (Å²) in [4.78, 5) is 24.2. The molecule has 0 atom stereocenters. The van der Waals surface area contributed by atoms with Gasteiger partial charge in [0.25, 0.3) is 0 Å². The number of amides is 1. The second-order valence-corrected chi connectivity index (χ2v) is 6.63. The van der Waals surface area contributed by atoms with Crippen LogP contribution in [0.4, 0.5) is 5.69 Å². The van der Waals surface area contributed by atoms with E-state index in [9.17, 15) is 9.59 Å². The molecular formula is C23H27NO4. The quantitative estimate of drug-likeness (QED) is 0.374. The van der Waals surface area contributed by atoms with E-state index < -0.39 is 0 Å². The summed E-state index contributed by atoms with van der Waals surface area (Å²) >= 11 is 0. The normalized spacial score (nSPS) is 10.9. The Morgan fingerprint density at radius 2 is 1.89 bits per heavy atom. The van der Waals surface area contributed by atoms with Crippen molar-refractivity contribution in [1.82, 2.24) is 0 Å². The zero-order valence-corrected chi connectivity index (χ0v) is 16.6. The van der Waals surface area contributed by atoms with Crippen LogP contribution in [0.15, 0.2) is 54.6 Å². The van der Waals surface area contributed by atoms with Crippen molar-refractivity contribution in [1.29, 1.82) is 0 Å². The summed E-state index contributed by atoms with van der Waals surface area (Å²) in [5, 5.41) is 2.76. The van der Waals surface area contributed by atoms with Crippen LogP contribution < -0.4 is 10.1 Å². The molecule has 0 aromatic heterocycles. The average molecular weight is 381 g/mol. The number of ether oxygens (including phenoxy) is 2. The summed E-state index contributed by atoms with van der Waals surface area (Å²) in [6, 6.07) is 14.2. The standard InChI is InChI=1S/C23H27NO4/c1-4-5-14-27-23(26)19-9-7-10-20(16-19)24-22(25)13-12-18-8-6-11-21(15-18)28-17(2)3/h6-13,15-17H,4-5,14H2,1-3H3,(H,24,25)/b13-12+. The fourth-order valence-electron chi connectivity index (χ4n) is 2.44. The molecular weight excluding hydrogens is 354 g/mol. The summed E-state index contributed by atoms with van der Waals surface area (Å²) in [7, 11) is 0. The molecule has 0 saturated carbocycles. The first-order valence-electron chi connectivity index (χ1n) is 9.51. The molecule has 2 aromatic rings. The van der Waals surface area contributed by atoms with Crippen molar-refractivity contribution in [3.05, 3.63) is 65.7 Å². The number of unbranched alkanes of at least 4 members (excludes halogenated alkanes) is 1. The van der Waals surface area contributed by atoms with E-state index in [4.69, 9.17) is 9.47 Å².